The first-order chi connectivity index (χ1) is 7.02. The Kier molecular flexibility index (Phi) is 6.53. The van der Waals surface area contributed by atoms with E-state index in [1.165, 1.54) is 0 Å². The van der Waals surface area contributed by atoms with Crippen LogP contribution in [0.1, 0.15) is 6.92 Å². The molecule has 0 atom stereocenters. The fourth-order valence-electron chi connectivity index (χ4n) is 1.14. The van der Waals surface area contributed by atoms with Crippen molar-refractivity contribution in [3.8, 4) is 0 Å². The molecule has 0 saturated heterocycles. The summed E-state index contributed by atoms with van der Waals surface area (Å²) in [5.41, 5.74) is 0.666. The second kappa shape index (κ2) is 7.11. The van der Waals surface area contributed by atoms with Crippen molar-refractivity contribution in [3.05, 3.63) is 11.4 Å². The fraction of sp³-hybridized carbons (Fsp3) is 0.700. The fourth-order valence-corrected chi connectivity index (χ4v) is 1.14. The molecule has 5 nitrogen and oxygen atoms in total. The van der Waals surface area contributed by atoms with E-state index in [2.05, 4.69) is 16.0 Å². The van der Waals surface area contributed by atoms with E-state index in [1.807, 2.05) is 19.0 Å². The molecule has 0 unspecified atom stereocenters. The summed E-state index contributed by atoms with van der Waals surface area (Å²) in [4.78, 5) is 13.6. The minimum atomic E-state index is -0.0458. The molecule has 88 valence electrons. The normalized spacial score (nSPS) is 9.73. The highest BCUT2D eigenvalue weighted by molar-refractivity contribution is 5.93. The Morgan fingerprint density at radius 2 is 1.73 bits per heavy atom. The van der Waals surface area contributed by atoms with Gasteiger partial charge in [0.05, 0.1) is 5.57 Å². The van der Waals surface area contributed by atoms with Crippen LogP contribution in [-0.2, 0) is 4.79 Å². The average Bonchev–Trinajstić information content (AvgIpc) is 2.18. The maximum atomic E-state index is 11.6. The topological polar surface area (TPSA) is 56.4 Å². The van der Waals surface area contributed by atoms with Crippen molar-refractivity contribution < 1.29 is 4.79 Å². The van der Waals surface area contributed by atoms with Gasteiger partial charge in [0.15, 0.2) is 0 Å². The van der Waals surface area contributed by atoms with Gasteiger partial charge >= 0.3 is 0 Å². The van der Waals surface area contributed by atoms with Crippen LogP contribution in [0.4, 0.5) is 0 Å². The van der Waals surface area contributed by atoms with E-state index >= 15 is 0 Å². The highest BCUT2D eigenvalue weighted by atomic mass is 16.1. The molecule has 5 heteroatoms. The van der Waals surface area contributed by atoms with Crippen molar-refractivity contribution in [1.82, 2.24) is 20.9 Å². The molecule has 0 aliphatic carbocycles. The van der Waals surface area contributed by atoms with E-state index in [0.717, 1.165) is 12.4 Å². The molecule has 0 saturated carbocycles. The van der Waals surface area contributed by atoms with Gasteiger partial charge in [-0.1, -0.05) is 0 Å². The lowest BCUT2D eigenvalue weighted by molar-refractivity contribution is -0.117. The number of carbonyl (C=O) groups excluding carboxylic acids is 1. The van der Waals surface area contributed by atoms with E-state index in [-0.39, 0.29) is 5.91 Å². The average molecular weight is 214 g/mol. The van der Waals surface area contributed by atoms with Crippen molar-refractivity contribution in [3.63, 3.8) is 0 Å². The molecule has 0 aromatic rings. The van der Waals surface area contributed by atoms with Gasteiger partial charge in [-0.2, -0.15) is 0 Å². The number of hydrogen-bond donors (Lipinski definition) is 3. The zero-order valence-electron chi connectivity index (χ0n) is 10.3. The summed E-state index contributed by atoms with van der Waals surface area (Å²) in [5.74, 6) is 0.702. The number of rotatable bonds is 6. The molecule has 0 rings (SSSR count). The van der Waals surface area contributed by atoms with Crippen LogP contribution >= 0.6 is 0 Å². The highest BCUT2D eigenvalue weighted by Crippen LogP contribution is 1.96. The van der Waals surface area contributed by atoms with Gasteiger partial charge in [-0.05, 0) is 21.0 Å². The van der Waals surface area contributed by atoms with Crippen molar-refractivity contribution in [2.45, 2.75) is 6.92 Å². The first-order valence-electron chi connectivity index (χ1n) is 5.02. The first-order valence-corrected chi connectivity index (χ1v) is 5.02. The second-order valence-electron chi connectivity index (χ2n) is 3.56. The summed E-state index contributed by atoms with van der Waals surface area (Å²) in [6, 6.07) is 0. The zero-order chi connectivity index (χ0) is 11.8. The van der Waals surface area contributed by atoms with Crippen LogP contribution in [0.15, 0.2) is 11.4 Å². The molecular formula is C10H22N4O. The second-order valence-corrected chi connectivity index (χ2v) is 3.56. The standard InChI is InChI=1S/C10H22N4O/c1-8(9(11-2)12-3)10(15)13-6-7-14(4)5/h11-12H,6-7H2,1-5H3,(H,13,15). The Balaban J connectivity index is 4.14. The number of nitrogens with one attached hydrogen (secondary N) is 3. The Morgan fingerprint density at radius 3 is 2.13 bits per heavy atom. The zero-order valence-corrected chi connectivity index (χ0v) is 10.3. The highest BCUT2D eigenvalue weighted by Gasteiger charge is 2.07. The first kappa shape index (κ1) is 13.8. The van der Waals surface area contributed by atoms with Crippen LogP contribution in [0.5, 0.6) is 0 Å². The van der Waals surface area contributed by atoms with Gasteiger partial charge in [0.1, 0.15) is 5.82 Å². The quantitative estimate of drug-likeness (QED) is 0.514. The molecule has 0 spiro atoms. The molecular weight excluding hydrogens is 192 g/mol. The van der Waals surface area contributed by atoms with Crippen LogP contribution < -0.4 is 16.0 Å². The SMILES string of the molecule is CNC(NC)=C(C)C(=O)NCCN(C)C. The summed E-state index contributed by atoms with van der Waals surface area (Å²) in [6.07, 6.45) is 0. The third-order valence-corrected chi connectivity index (χ3v) is 2.06. The number of likely N-dealkylation sites (N-methyl/N-ethyl adjacent to an activating group) is 1. The molecule has 0 aromatic heterocycles. The van der Waals surface area contributed by atoms with Gasteiger partial charge in [-0.15, -0.1) is 0 Å². The van der Waals surface area contributed by atoms with E-state index in [0.29, 0.717) is 12.1 Å². The molecule has 1 amide bonds. The molecule has 0 bridgehead atoms. The van der Waals surface area contributed by atoms with Crippen molar-refractivity contribution in [2.24, 2.45) is 0 Å². The van der Waals surface area contributed by atoms with Crippen LogP contribution in [0, 0.1) is 0 Å². The van der Waals surface area contributed by atoms with Gasteiger partial charge in [0.2, 0.25) is 0 Å². The molecule has 0 aliphatic rings. The largest absolute Gasteiger partial charge is 0.375 e. The molecule has 3 N–H and O–H groups in total. The number of hydrogen-bond acceptors (Lipinski definition) is 4. The van der Waals surface area contributed by atoms with Crippen molar-refractivity contribution in [1.29, 1.82) is 0 Å². The van der Waals surface area contributed by atoms with Gasteiger partial charge in [0, 0.05) is 27.2 Å². The molecule has 0 radical (unpaired) electrons. The van der Waals surface area contributed by atoms with E-state index in [9.17, 15) is 4.79 Å². The summed E-state index contributed by atoms with van der Waals surface area (Å²) < 4.78 is 0. The predicted octanol–water partition coefficient (Wildman–Crippen LogP) is -0.665. The summed E-state index contributed by atoms with van der Waals surface area (Å²) >= 11 is 0. The molecule has 0 aromatic carbocycles. The Morgan fingerprint density at radius 1 is 1.20 bits per heavy atom. The molecule has 0 aliphatic heterocycles. The maximum absolute atomic E-state index is 11.6. The number of amides is 1. The van der Waals surface area contributed by atoms with Crippen LogP contribution in [-0.4, -0.2) is 52.1 Å². The number of nitrogens with zero attached hydrogens (tertiary/aromatic N) is 1. The lowest BCUT2D eigenvalue weighted by Gasteiger charge is -2.13. The van der Waals surface area contributed by atoms with Gasteiger partial charge in [-0.25, -0.2) is 0 Å². The lowest BCUT2D eigenvalue weighted by atomic mass is 10.2. The summed E-state index contributed by atoms with van der Waals surface area (Å²) in [6.45, 7) is 3.28. The monoisotopic (exact) mass is 214 g/mol. The summed E-state index contributed by atoms with van der Waals surface area (Å²) in [5, 5.41) is 8.70. The van der Waals surface area contributed by atoms with E-state index in [4.69, 9.17) is 0 Å². The van der Waals surface area contributed by atoms with Crippen LogP contribution in [0.2, 0.25) is 0 Å². The Labute approximate surface area is 91.9 Å². The molecule has 15 heavy (non-hydrogen) atoms. The van der Waals surface area contributed by atoms with Crippen LogP contribution in [0.25, 0.3) is 0 Å². The maximum Gasteiger partial charge on any atom is 0.250 e. The van der Waals surface area contributed by atoms with E-state index < -0.39 is 0 Å². The lowest BCUT2D eigenvalue weighted by Crippen LogP contribution is -2.34. The van der Waals surface area contributed by atoms with Crippen molar-refractivity contribution in [2.75, 3.05) is 41.3 Å². The van der Waals surface area contributed by atoms with Crippen LogP contribution in [0.3, 0.4) is 0 Å². The smallest absolute Gasteiger partial charge is 0.250 e. The Hall–Kier alpha value is -1.23. The Bertz CT molecular complexity index is 230. The summed E-state index contributed by atoms with van der Waals surface area (Å²) in [7, 11) is 7.51. The third-order valence-electron chi connectivity index (χ3n) is 2.06. The third kappa shape index (κ3) is 5.27. The van der Waals surface area contributed by atoms with Gasteiger partial charge in [0.25, 0.3) is 5.91 Å². The molecule has 0 heterocycles. The predicted molar refractivity (Wildman–Crippen MR) is 62.4 cm³/mol. The van der Waals surface area contributed by atoms with Crippen molar-refractivity contribution >= 4 is 5.91 Å². The minimum Gasteiger partial charge on any atom is -0.375 e. The number of carbonyl (C=O) groups is 1. The minimum absolute atomic E-state index is 0.0458. The molecule has 0 fully saturated rings. The van der Waals surface area contributed by atoms with E-state index in [1.54, 1.807) is 21.0 Å². The van der Waals surface area contributed by atoms with Gasteiger partial charge in [-0.3, -0.25) is 4.79 Å². The van der Waals surface area contributed by atoms with Gasteiger partial charge < -0.3 is 20.9 Å².